The first-order valence-corrected chi connectivity index (χ1v) is 7.28. The van der Waals surface area contributed by atoms with Crippen molar-refractivity contribution in [3.63, 3.8) is 0 Å². The summed E-state index contributed by atoms with van der Waals surface area (Å²) in [6, 6.07) is 8.79. The molecule has 0 spiro atoms. The molecule has 0 bridgehead atoms. The number of aryl methyl sites for hydroxylation is 1. The van der Waals surface area contributed by atoms with Crippen LogP contribution in [0.2, 0.25) is 0 Å². The minimum absolute atomic E-state index is 0.0348. The Morgan fingerprint density at radius 3 is 2.40 bits per heavy atom. The lowest BCUT2D eigenvalue weighted by atomic mass is 9.91. The van der Waals surface area contributed by atoms with Crippen molar-refractivity contribution in [2.75, 3.05) is 0 Å². The van der Waals surface area contributed by atoms with Gasteiger partial charge in [-0.25, -0.2) is 0 Å². The summed E-state index contributed by atoms with van der Waals surface area (Å²) in [5.41, 5.74) is 4.36. The van der Waals surface area contributed by atoms with Crippen molar-refractivity contribution in [2.24, 2.45) is 0 Å². The van der Waals surface area contributed by atoms with Crippen LogP contribution in [0.4, 0.5) is 0 Å². The van der Waals surface area contributed by atoms with Crippen LogP contribution in [0.3, 0.4) is 0 Å². The number of aromatic nitrogens is 1. The molecule has 3 rings (SSSR count). The first-order valence-electron chi connectivity index (χ1n) is 7.28. The minimum atomic E-state index is -0.0348. The van der Waals surface area contributed by atoms with Gasteiger partial charge in [0.1, 0.15) is 5.75 Å². The van der Waals surface area contributed by atoms with Gasteiger partial charge in [-0.05, 0) is 54.5 Å². The first kappa shape index (κ1) is 13.0. The van der Waals surface area contributed by atoms with Gasteiger partial charge in [0.05, 0.1) is 0 Å². The van der Waals surface area contributed by atoms with Crippen LogP contribution in [0.15, 0.2) is 35.1 Å². The molecule has 2 N–H and O–H groups in total. The van der Waals surface area contributed by atoms with Crippen molar-refractivity contribution in [1.29, 1.82) is 0 Å². The zero-order valence-corrected chi connectivity index (χ0v) is 11.5. The molecule has 1 aromatic heterocycles. The quantitative estimate of drug-likeness (QED) is 0.833. The van der Waals surface area contributed by atoms with Gasteiger partial charge in [0.2, 0.25) is 5.56 Å². The lowest BCUT2D eigenvalue weighted by Crippen LogP contribution is -2.14. The van der Waals surface area contributed by atoms with Crippen LogP contribution in [0.1, 0.15) is 36.9 Å². The summed E-state index contributed by atoms with van der Waals surface area (Å²) in [5, 5.41) is 9.41. The third-order valence-electron chi connectivity index (χ3n) is 4.02. The van der Waals surface area contributed by atoms with Gasteiger partial charge in [-0.3, -0.25) is 4.79 Å². The summed E-state index contributed by atoms with van der Waals surface area (Å²) in [6.45, 7) is 0. The second-order valence-corrected chi connectivity index (χ2v) is 5.47. The summed E-state index contributed by atoms with van der Waals surface area (Å²) < 4.78 is 0. The fourth-order valence-corrected chi connectivity index (χ4v) is 3.00. The van der Waals surface area contributed by atoms with E-state index in [4.69, 9.17) is 0 Å². The summed E-state index contributed by atoms with van der Waals surface area (Å²) in [5.74, 6) is 0.251. The Hall–Kier alpha value is -2.03. The lowest BCUT2D eigenvalue weighted by molar-refractivity contribution is 0.475. The second kappa shape index (κ2) is 5.53. The number of phenols is 1. The lowest BCUT2D eigenvalue weighted by Gasteiger charge is -2.17. The molecule has 20 heavy (non-hydrogen) atoms. The predicted molar refractivity (Wildman–Crippen MR) is 80.0 cm³/mol. The van der Waals surface area contributed by atoms with Crippen LogP contribution in [0.25, 0.3) is 11.1 Å². The second-order valence-electron chi connectivity index (χ2n) is 5.47. The van der Waals surface area contributed by atoms with Crippen LogP contribution in [-0.2, 0) is 12.8 Å². The molecular formula is C17H19NO2. The summed E-state index contributed by atoms with van der Waals surface area (Å²) in [6.07, 6.45) is 6.78. The third kappa shape index (κ3) is 2.62. The van der Waals surface area contributed by atoms with E-state index in [9.17, 15) is 9.90 Å². The number of aromatic amines is 1. The van der Waals surface area contributed by atoms with E-state index in [0.29, 0.717) is 0 Å². The SMILES string of the molecule is O=c1cc(-c2ccc(O)cc2)c2c([nH]1)CCCCCC2. The molecule has 0 unspecified atom stereocenters. The maximum Gasteiger partial charge on any atom is 0.248 e. The van der Waals surface area contributed by atoms with Crippen molar-refractivity contribution in [3.8, 4) is 16.9 Å². The number of hydrogen-bond acceptors (Lipinski definition) is 2. The van der Waals surface area contributed by atoms with E-state index in [0.717, 1.165) is 36.1 Å². The van der Waals surface area contributed by atoms with E-state index in [1.807, 2.05) is 12.1 Å². The highest BCUT2D eigenvalue weighted by atomic mass is 16.3. The molecule has 0 saturated heterocycles. The highest BCUT2D eigenvalue weighted by Crippen LogP contribution is 2.29. The predicted octanol–water partition coefficient (Wildman–Crippen LogP) is 3.41. The number of fused-ring (bicyclic) bond motifs is 1. The van der Waals surface area contributed by atoms with Gasteiger partial charge in [-0.15, -0.1) is 0 Å². The topological polar surface area (TPSA) is 53.1 Å². The molecule has 0 amide bonds. The fraction of sp³-hybridized carbons (Fsp3) is 0.353. The van der Waals surface area contributed by atoms with Gasteiger partial charge in [0.25, 0.3) is 0 Å². The van der Waals surface area contributed by atoms with E-state index in [1.165, 1.54) is 24.8 Å². The van der Waals surface area contributed by atoms with Gasteiger partial charge in [0, 0.05) is 11.8 Å². The number of aromatic hydroxyl groups is 1. The average molecular weight is 269 g/mol. The average Bonchev–Trinajstić information content (AvgIpc) is 2.41. The van der Waals surface area contributed by atoms with Crippen LogP contribution in [-0.4, -0.2) is 10.1 Å². The van der Waals surface area contributed by atoms with E-state index in [1.54, 1.807) is 18.2 Å². The molecule has 1 heterocycles. The molecule has 104 valence electrons. The Bertz CT molecular complexity index is 656. The number of phenolic OH excluding ortho intramolecular Hbond substituents is 1. The Morgan fingerprint density at radius 2 is 1.65 bits per heavy atom. The highest BCUT2D eigenvalue weighted by molar-refractivity contribution is 5.68. The zero-order chi connectivity index (χ0) is 13.9. The van der Waals surface area contributed by atoms with E-state index < -0.39 is 0 Å². The molecule has 1 aliphatic rings. The molecule has 0 fully saturated rings. The first-order chi connectivity index (χ1) is 9.74. The van der Waals surface area contributed by atoms with Crippen molar-refractivity contribution in [3.05, 3.63) is 51.9 Å². The Labute approximate surface area is 118 Å². The molecule has 0 atom stereocenters. The van der Waals surface area contributed by atoms with Gasteiger partial charge >= 0.3 is 0 Å². The maximum absolute atomic E-state index is 11.9. The zero-order valence-electron chi connectivity index (χ0n) is 11.5. The van der Waals surface area contributed by atoms with E-state index >= 15 is 0 Å². The minimum Gasteiger partial charge on any atom is -0.508 e. The Balaban J connectivity index is 2.13. The molecule has 0 aliphatic heterocycles. The summed E-state index contributed by atoms with van der Waals surface area (Å²) >= 11 is 0. The Morgan fingerprint density at radius 1 is 0.950 bits per heavy atom. The number of hydrogen-bond donors (Lipinski definition) is 2. The number of rotatable bonds is 1. The maximum atomic E-state index is 11.9. The van der Waals surface area contributed by atoms with Gasteiger partial charge in [-0.2, -0.15) is 0 Å². The monoisotopic (exact) mass is 269 g/mol. The van der Waals surface area contributed by atoms with Crippen molar-refractivity contribution >= 4 is 0 Å². The molecule has 3 nitrogen and oxygen atoms in total. The number of H-pyrrole nitrogens is 1. The van der Waals surface area contributed by atoms with Crippen molar-refractivity contribution < 1.29 is 5.11 Å². The molecule has 2 aromatic rings. The molecule has 1 aliphatic carbocycles. The van der Waals surface area contributed by atoms with Crippen LogP contribution in [0.5, 0.6) is 5.75 Å². The van der Waals surface area contributed by atoms with E-state index in [-0.39, 0.29) is 11.3 Å². The summed E-state index contributed by atoms with van der Waals surface area (Å²) in [7, 11) is 0. The van der Waals surface area contributed by atoms with Crippen LogP contribution in [0, 0.1) is 0 Å². The molecular weight excluding hydrogens is 250 g/mol. The molecule has 1 aromatic carbocycles. The molecule has 0 radical (unpaired) electrons. The number of nitrogens with one attached hydrogen (secondary N) is 1. The fourth-order valence-electron chi connectivity index (χ4n) is 3.00. The van der Waals surface area contributed by atoms with Crippen molar-refractivity contribution in [2.45, 2.75) is 38.5 Å². The standard InChI is InChI=1S/C17H19NO2/c19-13-9-7-12(8-10-13)15-11-17(20)18-16-6-4-2-1-3-5-14(15)16/h7-11,19H,1-6H2,(H,18,20). The van der Waals surface area contributed by atoms with Crippen LogP contribution >= 0.6 is 0 Å². The molecule has 3 heteroatoms. The number of benzene rings is 1. The largest absolute Gasteiger partial charge is 0.508 e. The van der Waals surface area contributed by atoms with E-state index in [2.05, 4.69) is 4.98 Å². The van der Waals surface area contributed by atoms with Gasteiger partial charge < -0.3 is 10.1 Å². The van der Waals surface area contributed by atoms with Crippen molar-refractivity contribution in [1.82, 2.24) is 4.98 Å². The van der Waals surface area contributed by atoms with Crippen LogP contribution < -0.4 is 5.56 Å². The smallest absolute Gasteiger partial charge is 0.248 e. The Kier molecular flexibility index (Phi) is 3.59. The molecule has 0 saturated carbocycles. The van der Waals surface area contributed by atoms with Gasteiger partial charge in [0.15, 0.2) is 0 Å². The number of pyridine rings is 1. The normalized spacial score (nSPS) is 15.2. The third-order valence-corrected chi connectivity index (χ3v) is 4.02. The summed E-state index contributed by atoms with van der Waals surface area (Å²) in [4.78, 5) is 14.9. The van der Waals surface area contributed by atoms with Gasteiger partial charge in [-0.1, -0.05) is 25.0 Å². The highest BCUT2D eigenvalue weighted by Gasteiger charge is 2.14.